The number of azo groups is 1. The van der Waals surface area contributed by atoms with E-state index in [-0.39, 0.29) is 33.9 Å². The number of aromatic hydroxyl groups is 2. The summed E-state index contributed by atoms with van der Waals surface area (Å²) in [4.78, 5) is 23.0. The molecule has 4 N–H and O–H groups in total. The van der Waals surface area contributed by atoms with Crippen molar-refractivity contribution in [2.24, 2.45) is 16.0 Å². The lowest BCUT2D eigenvalue weighted by Gasteiger charge is -2.18. The standard InChI is InChI=1S/C17H18N6O5/c1-3-4-14(19)22-16(25)11(8-18)9(2)15(17(22)26)21-20-12-7-10(23(27)28)5-6-13(12)24/h5-7,14,24-25H,3-4,19H2,1-2H3. The molecule has 0 radical (unpaired) electrons. The number of hydrogen-bond donors (Lipinski definition) is 3. The SMILES string of the molecule is CCCC(N)n1c(O)c(C#N)c(C)c(N=Nc2cc([N+](=O)[O-])ccc2O)c1=O. The third-order valence-corrected chi connectivity index (χ3v) is 4.06. The molecule has 1 heterocycles. The third-order valence-electron chi connectivity index (χ3n) is 4.06. The van der Waals surface area contributed by atoms with Crippen molar-refractivity contribution in [1.82, 2.24) is 4.57 Å². The number of nitriles is 1. The van der Waals surface area contributed by atoms with E-state index >= 15 is 0 Å². The Labute approximate surface area is 159 Å². The fourth-order valence-electron chi connectivity index (χ4n) is 2.57. The molecule has 1 aromatic heterocycles. The van der Waals surface area contributed by atoms with Crippen LogP contribution in [0.3, 0.4) is 0 Å². The summed E-state index contributed by atoms with van der Waals surface area (Å²) in [5, 5.41) is 47.8. The molecule has 0 saturated heterocycles. The molecule has 0 fully saturated rings. The molecule has 28 heavy (non-hydrogen) atoms. The van der Waals surface area contributed by atoms with Crippen LogP contribution in [0.1, 0.15) is 37.1 Å². The van der Waals surface area contributed by atoms with Crippen molar-refractivity contribution >= 4 is 17.1 Å². The van der Waals surface area contributed by atoms with Gasteiger partial charge in [-0.25, -0.2) is 0 Å². The average Bonchev–Trinajstić information content (AvgIpc) is 2.63. The van der Waals surface area contributed by atoms with Gasteiger partial charge in [-0.05, 0) is 19.4 Å². The molecule has 2 aromatic rings. The number of nitro benzene ring substituents is 1. The van der Waals surface area contributed by atoms with Crippen LogP contribution in [0.4, 0.5) is 17.1 Å². The van der Waals surface area contributed by atoms with Gasteiger partial charge in [0.1, 0.15) is 23.1 Å². The summed E-state index contributed by atoms with van der Waals surface area (Å²) in [6.07, 6.45) is 0.107. The monoisotopic (exact) mass is 386 g/mol. The molecule has 0 aliphatic heterocycles. The van der Waals surface area contributed by atoms with Gasteiger partial charge in [-0.15, -0.1) is 10.2 Å². The van der Waals surface area contributed by atoms with E-state index in [0.29, 0.717) is 12.8 Å². The molecule has 2 rings (SSSR count). The fraction of sp³-hybridized carbons (Fsp3) is 0.294. The Morgan fingerprint density at radius 2 is 2.07 bits per heavy atom. The summed E-state index contributed by atoms with van der Waals surface area (Å²) in [7, 11) is 0. The van der Waals surface area contributed by atoms with Gasteiger partial charge < -0.3 is 15.9 Å². The summed E-state index contributed by atoms with van der Waals surface area (Å²) in [6.45, 7) is 3.24. The first-order valence-electron chi connectivity index (χ1n) is 8.25. The lowest BCUT2D eigenvalue weighted by molar-refractivity contribution is -0.384. The molecule has 146 valence electrons. The Morgan fingerprint density at radius 1 is 1.39 bits per heavy atom. The van der Waals surface area contributed by atoms with Crippen LogP contribution in [0.25, 0.3) is 0 Å². The van der Waals surface area contributed by atoms with Gasteiger partial charge in [-0.2, -0.15) is 5.26 Å². The van der Waals surface area contributed by atoms with E-state index in [0.717, 1.165) is 22.8 Å². The van der Waals surface area contributed by atoms with Gasteiger partial charge in [-0.1, -0.05) is 13.3 Å². The minimum Gasteiger partial charge on any atom is -0.506 e. The number of nitrogens with two attached hydrogens (primary N) is 1. The van der Waals surface area contributed by atoms with E-state index in [1.165, 1.54) is 6.92 Å². The molecule has 1 unspecified atom stereocenters. The molecule has 11 heteroatoms. The Kier molecular flexibility index (Phi) is 6.07. The predicted molar refractivity (Wildman–Crippen MR) is 98.9 cm³/mol. The van der Waals surface area contributed by atoms with Crippen LogP contribution >= 0.6 is 0 Å². The smallest absolute Gasteiger partial charge is 0.282 e. The second kappa shape index (κ2) is 8.28. The molecule has 1 aromatic carbocycles. The van der Waals surface area contributed by atoms with Gasteiger partial charge in [0.25, 0.3) is 11.2 Å². The fourth-order valence-corrected chi connectivity index (χ4v) is 2.57. The van der Waals surface area contributed by atoms with Gasteiger partial charge in [0, 0.05) is 17.7 Å². The van der Waals surface area contributed by atoms with Gasteiger partial charge in [-0.3, -0.25) is 19.5 Å². The molecule has 0 aliphatic carbocycles. The number of hydrogen-bond acceptors (Lipinski definition) is 9. The Balaban J connectivity index is 2.67. The highest BCUT2D eigenvalue weighted by Gasteiger charge is 2.22. The minimum absolute atomic E-state index is 0.0682. The van der Waals surface area contributed by atoms with E-state index in [2.05, 4.69) is 10.2 Å². The summed E-state index contributed by atoms with van der Waals surface area (Å²) in [5.74, 6) is -0.947. The van der Waals surface area contributed by atoms with E-state index < -0.39 is 22.5 Å². The molecule has 1 atom stereocenters. The molecule has 0 amide bonds. The zero-order valence-electron chi connectivity index (χ0n) is 15.2. The van der Waals surface area contributed by atoms with Crippen molar-refractivity contribution in [2.45, 2.75) is 32.9 Å². The second-order valence-corrected chi connectivity index (χ2v) is 5.95. The van der Waals surface area contributed by atoms with Crippen molar-refractivity contribution in [1.29, 1.82) is 5.26 Å². The normalized spacial score (nSPS) is 12.1. The number of pyridine rings is 1. The largest absolute Gasteiger partial charge is 0.506 e. The number of nitro groups is 1. The van der Waals surface area contributed by atoms with Gasteiger partial charge in [0.05, 0.1) is 11.1 Å². The van der Waals surface area contributed by atoms with Crippen molar-refractivity contribution in [3.63, 3.8) is 0 Å². The molecular weight excluding hydrogens is 368 g/mol. The third kappa shape index (κ3) is 3.81. The molecule has 11 nitrogen and oxygen atoms in total. The number of phenolic OH excluding ortho intramolecular Hbond substituents is 1. The molecular formula is C17H18N6O5. The topological polar surface area (TPSA) is 180 Å². The Bertz CT molecular complexity index is 1050. The van der Waals surface area contributed by atoms with Gasteiger partial charge in [0.15, 0.2) is 5.69 Å². The lowest BCUT2D eigenvalue weighted by atomic mass is 10.1. The van der Waals surface area contributed by atoms with Crippen LogP contribution in [0.15, 0.2) is 33.2 Å². The number of nitrogens with zero attached hydrogens (tertiary/aromatic N) is 5. The first-order valence-corrected chi connectivity index (χ1v) is 8.25. The van der Waals surface area contributed by atoms with E-state index in [4.69, 9.17) is 5.73 Å². The van der Waals surface area contributed by atoms with Crippen molar-refractivity contribution in [3.05, 3.63) is 49.8 Å². The number of phenols is 1. The maximum absolute atomic E-state index is 12.8. The van der Waals surface area contributed by atoms with Crippen LogP contribution in [0, 0.1) is 28.4 Å². The summed E-state index contributed by atoms with van der Waals surface area (Å²) >= 11 is 0. The minimum atomic E-state index is -0.884. The van der Waals surface area contributed by atoms with Crippen LogP contribution < -0.4 is 11.3 Å². The molecule has 0 aliphatic rings. The van der Waals surface area contributed by atoms with Crippen molar-refractivity contribution in [2.75, 3.05) is 0 Å². The number of benzene rings is 1. The highest BCUT2D eigenvalue weighted by atomic mass is 16.6. The zero-order valence-corrected chi connectivity index (χ0v) is 15.2. The maximum atomic E-state index is 12.8. The van der Waals surface area contributed by atoms with Crippen LogP contribution in [-0.4, -0.2) is 19.7 Å². The highest BCUT2D eigenvalue weighted by Crippen LogP contribution is 2.33. The molecule has 0 spiro atoms. The first kappa shape index (κ1) is 20.5. The predicted octanol–water partition coefficient (Wildman–Crippen LogP) is 3.02. The first-order chi connectivity index (χ1) is 13.2. The number of rotatable bonds is 6. The number of aromatic nitrogens is 1. The van der Waals surface area contributed by atoms with Crippen molar-refractivity contribution < 1.29 is 15.1 Å². The van der Waals surface area contributed by atoms with E-state index in [9.17, 15) is 30.4 Å². The van der Waals surface area contributed by atoms with Crippen LogP contribution in [0.2, 0.25) is 0 Å². The number of non-ortho nitro benzene ring substituents is 1. The Morgan fingerprint density at radius 3 is 2.64 bits per heavy atom. The Hall–Kier alpha value is -3.78. The summed E-state index contributed by atoms with van der Waals surface area (Å²) in [6, 6.07) is 4.95. The maximum Gasteiger partial charge on any atom is 0.282 e. The summed E-state index contributed by atoms with van der Waals surface area (Å²) in [5.41, 5.74) is 4.21. The summed E-state index contributed by atoms with van der Waals surface area (Å²) < 4.78 is 0.858. The molecule has 0 saturated carbocycles. The highest BCUT2D eigenvalue weighted by molar-refractivity contribution is 5.59. The van der Waals surface area contributed by atoms with Gasteiger partial charge in [0.2, 0.25) is 5.88 Å². The van der Waals surface area contributed by atoms with Crippen LogP contribution in [-0.2, 0) is 0 Å². The second-order valence-electron chi connectivity index (χ2n) is 5.95. The average molecular weight is 386 g/mol. The molecule has 0 bridgehead atoms. The van der Waals surface area contributed by atoms with Crippen molar-refractivity contribution in [3.8, 4) is 17.7 Å². The van der Waals surface area contributed by atoms with Gasteiger partial charge >= 0.3 is 0 Å². The zero-order chi connectivity index (χ0) is 21.0. The van der Waals surface area contributed by atoms with Crippen LogP contribution in [0.5, 0.6) is 11.6 Å². The quantitative estimate of drug-likeness (QED) is 0.387. The van der Waals surface area contributed by atoms with E-state index in [1.807, 2.05) is 6.92 Å². The van der Waals surface area contributed by atoms with E-state index in [1.54, 1.807) is 6.07 Å². The lowest BCUT2D eigenvalue weighted by Crippen LogP contribution is -2.31.